The first-order valence-electron chi connectivity index (χ1n) is 5.49. The Bertz CT molecular complexity index is 459. The largest absolute Gasteiger partial charge is 0.489 e. The van der Waals surface area contributed by atoms with Crippen molar-refractivity contribution in [3.8, 4) is 5.75 Å². The Kier molecular flexibility index (Phi) is 3.19. The highest BCUT2D eigenvalue weighted by atomic mass is 19.4. The molecule has 98 valence electrons. The van der Waals surface area contributed by atoms with Gasteiger partial charge in [0.2, 0.25) is 5.91 Å². The molecule has 1 amide bonds. The number of carbonyl (C=O) groups excluding carboxylic acids is 1. The molecule has 0 bridgehead atoms. The Morgan fingerprint density at radius 2 is 2.11 bits per heavy atom. The van der Waals surface area contributed by atoms with Gasteiger partial charge in [-0.05, 0) is 19.1 Å². The highest BCUT2D eigenvalue weighted by Crippen LogP contribution is 2.35. The van der Waals surface area contributed by atoms with E-state index >= 15 is 0 Å². The summed E-state index contributed by atoms with van der Waals surface area (Å²) < 4.78 is 42.2. The molecule has 1 aliphatic heterocycles. The third-order valence-electron chi connectivity index (χ3n) is 2.67. The Balaban J connectivity index is 2.29. The average Bonchev–Trinajstić information content (AvgIpc) is 2.26. The van der Waals surface area contributed by atoms with Gasteiger partial charge < -0.3 is 9.64 Å². The zero-order valence-corrected chi connectivity index (χ0v) is 9.70. The second-order valence-corrected chi connectivity index (χ2v) is 4.18. The monoisotopic (exact) mass is 259 g/mol. The van der Waals surface area contributed by atoms with Crippen molar-refractivity contribution in [3.63, 3.8) is 0 Å². The predicted octanol–water partition coefficient (Wildman–Crippen LogP) is 2.75. The fourth-order valence-corrected chi connectivity index (χ4v) is 1.94. The van der Waals surface area contributed by atoms with E-state index in [1.165, 1.54) is 0 Å². The second kappa shape index (κ2) is 4.51. The number of amides is 1. The smallest absolute Gasteiger partial charge is 0.397 e. The first kappa shape index (κ1) is 12.7. The first-order chi connectivity index (χ1) is 8.38. The SMILES string of the molecule is CC1COc2ccccc2N1C(=O)CC(F)(F)F. The summed E-state index contributed by atoms with van der Waals surface area (Å²) in [5, 5.41) is 0. The zero-order chi connectivity index (χ0) is 13.3. The van der Waals surface area contributed by atoms with Crippen molar-refractivity contribution in [1.82, 2.24) is 0 Å². The van der Waals surface area contributed by atoms with Gasteiger partial charge in [0, 0.05) is 0 Å². The topological polar surface area (TPSA) is 29.5 Å². The van der Waals surface area contributed by atoms with Crippen LogP contribution in [-0.4, -0.2) is 24.7 Å². The van der Waals surface area contributed by atoms with Crippen molar-refractivity contribution in [1.29, 1.82) is 0 Å². The number of halogens is 3. The summed E-state index contributed by atoms with van der Waals surface area (Å²) in [5.41, 5.74) is 0.394. The Hall–Kier alpha value is -1.72. The summed E-state index contributed by atoms with van der Waals surface area (Å²) in [6, 6.07) is 6.18. The van der Waals surface area contributed by atoms with Gasteiger partial charge in [-0.2, -0.15) is 13.2 Å². The third kappa shape index (κ3) is 2.57. The maximum atomic E-state index is 12.3. The maximum absolute atomic E-state index is 12.3. The van der Waals surface area contributed by atoms with Gasteiger partial charge in [-0.1, -0.05) is 12.1 Å². The number of alkyl halides is 3. The molecular formula is C12H12F3NO2. The number of hydrogen-bond acceptors (Lipinski definition) is 2. The molecule has 0 fully saturated rings. The van der Waals surface area contributed by atoms with Gasteiger partial charge in [-0.25, -0.2) is 0 Å². The molecule has 1 heterocycles. The number of hydrogen-bond donors (Lipinski definition) is 0. The van der Waals surface area contributed by atoms with Crippen molar-refractivity contribution < 1.29 is 22.7 Å². The van der Waals surface area contributed by atoms with Crippen molar-refractivity contribution in [3.05, 3.63) is 24.3 Å². The molecule has 0 saturated carbocycles. The van der Waals surface area contributed by atoms with E-state index in [4.69, 9.17) is 4.74 Å². The molecule has 0 saturated heterocycles. The van der Waals surface area contributed by atoms with Crippen LogP contribution in [0.25, 0.3) is 0 Å². The lowest BCUT2D eigenvalue weighted by atomic mass is 10.1. The maximum Gasteiger partial charge on any atom is 0.397 e. The fraction of sp³-hybridized carbons (Fsp3) is 0.417. The van der Waals surface area contributed by atoms with Crippen LogP contribution in [0, 0.1) is 0 Å². The normalized spacial score (nSPS) is 19.1. The zero-order valence-electron chi connectivity index (χ0n) is 9.70. The Morgan fingerprint density at radius 1 is 1.44 bits per heavy atom. The predicted molar refractivity (Wildman–Crippen MR) is 59.6 cm³/mol. The van der Waals surface area contributed by atoms with Gasteiger partial charge >= 0.3 is 6.18 Å². The third-order valence-corrected chi connectivity index (χ3v) is 2.67. The van der Waals surface area contributed by atoms with Crippen LogP contribution in [0.3, 0.4) is 0 Å². The van der Waals surface area contributed by atoms with Crippen molar-refractivity contribution >= 4 is 11.6 Å². The molecule has 1 aliphatic rings. The van der Waals surface area contributed by atoms with Crippen LogP contribution in [-0.2, 0) is 4.79 Å². The quantitative estimate of drug-likeness (QED) is 0.776. The van der Waals surface area contributed by atoms with Gasteiger partial charge in [0.25, 0.3) is 0 Å². The number of benzene rings is 1. The molecule has 18 heavy (non-hydrogen) atoms. The first-order valence-corrected chi connectivity index (χ1v) is 5.49. The van der Waals surface area contributed by atoms with Crippen LogP contribution in [0.5, 0.6) is 5.75 Å². The summed E-state index contributed by atoms with van der Waals surface area (Å²) in [6.07, 6.45) is -5.95. The number of nitrogens with zero attached hydrogens (tertiary/aromatic N) is 1. The van der Waals surface area contributed by atoms with E-state index in [1.54, 1.807) is 31.2 Å². The number of ether oxygens (including phenoxy) is 1. The minimum Gasteiger partial charge on any atom is -0.489 e. The molecule has 0 aliphatic carbocycles. The highest BCUT2D eigenvalue weighted by molar-refractivity contribution is 5.96. The number of carbonyl (C=O) groups is 1. The summed E-state index contributed by atoms with van der Waals surface area (Å²) in [6.45, 7) is 1.85. The van der Waals surface area contributed by atoms with Crippen LogP contribution >= 0.6 is 0 Å². The van der Waals surface area contributed by atoms with Gasteiger partial charge in [0.05, 0.1) is 11.7 Å². The molecule has 1 unspecified atom stereocenters. The molecular weight excluding hydrogens is 247 g/mol. The lowest BCUT2D eigenvalue weighted by Crippen LogP contribution is -2.46. The fourth-order valence-electron chi connectivity index (χ4n) is 1.94. The highest BCUT2D eigenvalue weighted by Gasteiger charge is 2.37. The Morgan fingerprint density at radius 3 is 2.78 bits per heavy atom. The van der Waals surface area contributed by atoms with Crippen LogP contribution in [0.15, 0.2) is 24.3 Å². The van der Waals surface area contributed by atoms with Gasteiger partial charge in [0.15, 0.2) is 0 Å². The van der Waals surface area contributed by atoms with E-state index in [0.717, 1.165) is 4.90 Å². The second-order valence-electron chi connectivity index (χ2n) is 4.18. The lowest BCUT2D eigenvalue weighted by molar-refractivity contribution is -0.152. The van der Waals surface area contributed by atoms with Crippen LogP contribution < -0.4 is 9.64 Å². The molecule has 0 aromatic heterocycles. The summed E-state index contributed by atoms with van der Waals surface area (Å²) in [5.74, 6) is -0.517. The van der Waals surface area contributed by atoms with Crippen molar-refractivity contribution in [2.24, 2.45) is 0 Å². The molecule has 0 N–H and O–H groups in total. The van der Waals surface area contributed by atoms with Crippen LogP contribution in [0.1, 0.15) is 13.3 Å². The average molecular weight is 259 g/mol. The van der Waals surface area contributed by atoms with E-state index in [9.17, 15) is 18.0 Å². The van der Waals surface area contributed by atoms with Crippen LogP contribution in [0.2, 0.25) is 0 Å². The van der Waals surface area contributed by atoms with Gasteiger partial charge in [-0.3, -0.25) is 4.79 Å². The molecule has 2 rings (SSSR count). The van der Waals surface area contributed by atoms with E-state index in [0.29, 0.717) is 11.4 Å². The molecule has 1 aromatic rings. The molecule has 0 spiro atoms. The van der Waals surface area contributed by atoms with Crippen molar-refractivity contribution in [2.45, 2.75) is 25.6 Å². The summed E-state index contributed by atoms with van der Waals surface area (Å²) in [7, 11) is 0. The van der Waals surface area contributed by atoms with E-state index < -0.39 is 24.5 Å². The van der Waals surface area contributed by atoms with E-state index in [-0.39, 0.29) is 6.61 Å². The van der Waals surface area contributed by atoms with Crippen molar-refractivity contribution in [2.75, 3.05) is 11.5 Å². The molecule has 1 aromatic carbocycles. The molecule has 6 heteroatoms. The van der Waals surface area contributed by atoms with Gasteiger partial charge in [0.1, 0.15) is 18.8 Å². The molecule has 0 radical (unpaired) electrons. The summed E-state index contributed by atoms with van der Waals surface area (Å²) in [4.78, 5) is 12.9. The number of anilines is 1. The molecule has 1 atom stereocenters. The Labute approximate surface area is 102 Å². The van der Waals surface area contributed by atoms with Crippen LogP contribution in [0.4, 0.5) is 18.9 Å². The minimum absolute atomic E-state index is 0.195. The van der Waals surface area contributed by atoms with Gasteiger partial charge in [-0.15, -0.1) is 0 Å². The standard InChI is InChI=1S/C12H12F3NO2/c1-8-7-18-10-5-3-2-4-9(10)16(8)11(17)6-12(13,14)15/h2-5,8H,6-7H2,1H3. The van der Waals surface area contributed by atoms with E-state index in [2.05, 4.69) is 0 Å². The molecule has 3 nitrogen and oxygen atoms in total. The minimum atomic E-state index is -4.50. The summed E-state index contributed by atoms with van der Waals surface area (Å²) >= 11 is 0. The van der Waals surface area contributed by atoms with E-state index in [1.807, 2.05) is 0 Å². The number of para-hydroxylation sites is 2. The number of fused-ring (bicyclic) bond motifs is 1. The number of rotatable bonds is 1. The lowest BCUT2D eigenvalue weighted by Gasteiger charge is -2.35.